The SMILES string of the molecule is C.CC.CC.CC1C=CN(C)C1.CCC.CCCC1C=CN(C)C1. The molecule has 0 saturated carbocycles. The average Bonchev–Trinajstić information content (AvgIpc) is 3.13. The molecule has 0 bridgehead atoms. The molecule has 0 saturated heterocycles. The van der Waals surface area contributed by atoms with Gasteiger partial charge in [0.25, 0.3) is 0 Å². The first kappa shape index (κ1) is 30.9. The van der Waals surface area contributed by atoms with E-state index in [2.05, 4.69) is 76.1 Å². The maximum atomic E-state index is 2.31. The van der Waals surface area contributed by atoms with Crippen molar-refractivity contribution in [2.24, 2.45) is 11.8 Å². The Hall–Kier alpha value is -0.920. The third kappa shape index (κ3) is 21.1. The standard InChI is InChI=1S/C8H15N.C6H11N.C3H8.2C2H6.CH4/c1-3-4-8-5-6-9(2)7-8;1-6-3-4-7(2)5-6;1-3-2;2*1-2;/h5-6,8H,3-4,7H2,1-2H3;3-4,6H,5H2,1-2H3;3H2,1-2H3;2*1-2H3;1H4. The first-order valence-corrected chi connectivity index (χ1v) is 9.80. The Kier molecular flexibility index (Phi) is 31.3. The molecule has 2 nitrogen and oxygen atoms in total. The highest BCUT2D eigenvalue weighted by molar-refractivity contribution is 4.96. The molecule has 0 radical (unpaired) electrons. The van der Waals surface area contributed by atoms with Gasteiger partial charge in [-0.2, -0.15) is 0 Å². The molecule has 0 N–H and O–H groups in total. The molecule has 0 spiro atoms. The fraction of sp³-hybridized carbons (Fsp3) is 0.818. The van der Waals surface area contributed by atoms with E-state index >= 15 is 0 Å². The minimum absolute atomic E-state index is 0. The fourth-order valence-corrected chi connectivity index (χ4v) is 2.19. The maximum absolute atomic E-state index is 2.31. The van der Waals surface area contributed by atoms with E-state index in [1.165, 1.54) is 32.4 Å². The molecule has 2 aliphatic rings. The molecule has 0 amide bonds. The van der Waals surface area contributed by atoms with Crippen LogP contribution in [0.2, 0.25) is 0 Å². The van der Waals surface area contributed by atoms with Gasteiger partial charge in [-0.25, -0.2) is 0 Å². The number of hydrogen-bond acceptors (Lipinski definition) is 2. The van der Waals surface area contributed by atoms with Crippen molar-refractivity contribution >= 4 is 0 Å². The van der Waals surface area contributed by atoms with E-state index in [0.717, 1.165) is 11.8 Å². The molecule has 2 heterocycles. The minimum Gasteiger partial charge on any atom is -0.380 e. The lowest BCUT2D eigenvalue weighted by molar-refractivity contribution is 0.421. The monoisotopic (exact) mass is 342 g/mol. The van der Waals surface area contributed by atoms with Crippen LogP contribution in [0.5, 0.6) is 0 Å². The van der Waals surface area contributed by atoms with Crippen LogP contribution in [0, 0.1) is 11.8 Å². The molecule has 0 aromatic heterocycles. The van der Waals surface area contributed by atoms with Crippen LogP contribution in [0.25, 0.3) is 0 Å². The highest BCUT2D eigenvalue weighted by Gasteiger charge is 2.10. The zero-order valence-corrected chi connectivity index (χ0v) is 17.9. The first-order valence-electron chi connectivity index (χ1n) is 9.80. The Morgan fingerprint density at radius 1 is 0.833 bits per heavy atom. The summed E-state index contributed by atoms with van der Waals surface area (Å²) in [6.45, 7) is 19.1. The van der Waals surface area contributed by atoms with Crippen LogP contribution in [0.1, 0.15) is 82.1 Å². The molecule has 2 heteroatoms. The Morgan fingerprint density at radius 3 is 1.46 bits per heavy atom. The van der Waals surface area contributed by atoms with E-state index in [0.29, 0.717) is 0 Å². The second-order valence-electron chi connectivity index (χ2n) is 5.80. The zero-order chi connectivity index (χ0) is 18.7. The molecule has 2 rings (SSSR count). The molecule has 2 atom stereocenters. The quantitative estimate of drug-likeness (QED) is 0.530. The van der Waals surface area contributed by atoms with Crippen molar-refractivity contribution in [1.82, 2.24) is 9.80 Å². The Balaban J connectivity index is -0.000000120. The smallest absolute Gasteiger partial charge is 0.0232 e. The second kappa shape index (κ2) is 24.3. The van der Waals surface area contributed by atoms with Gasteiger partial charge in [0.05, 0.1) is 0 Å². The van der Waals surface area contributed by atoms with Crippen LogP contribution in [-0.4, -0.2) is 37.0 Å². The summed E-state index contributed by atoms with van der Waals surface area (Å²) >= 11 is 0. The molecule has 24 heavy (non-hydrogen) atoms. The van der Waals surface area contributed by atoms with Gasteiger partial charge in [0.15, 0.2) is 0 Å². The fourth-order valence-electron chi connectivity index (χ4n) is 2.19. The van der Waals surface area contributed by atoms with Crippen LogP contribution in [0.3, 0.4) is 0 Å². The summed E-state index contributed by atoms with van der Waals surface area (Å²) in [6, 6.07) is 0. The number of hydrogen-bond donors (Lipinski definition) is 0. The van der Waals surface area contributed by atoms with Gasteiger partial charge in [-0.1, -0.05) is 87.8 Å². The number of rotatable bonds is 2. The summed E-state index contributed by atoms with van der Waals surface area (Å²) in [5.74, 6) is 1.60. The minimum atomic E-state index is 0. The van der Waals surface area contributed by atoms with E-state index in [1.807, 2.05) is 27.7 Å². The highest BCUT2D eigenvalue weighted by atomic mass is 15.1. The van der Waals surface area contributed by atoms with E-state index in [1.54, 1.807) is 0 Å². The summed E-state index contributed by atoms with van der Waals surface area (Å²) in [6.07, 6.45) is 12.7. The van der Waals surface area contributed by atoms with Gasteiger partial charge in [-0.3, -0.25) is 0 Å². The van der Waals surface area contributed by atoms with Gasteiger partial charge in [-0.05, 0) is 30.7 Å². The number of nitrogens with zero attached hydrogens (tertiary/aromatic N) is 2. The molecule has 148 valence electrons. The largest absolute Gasteiger partial charge is 0.380 e. The molecule has 2 aliphatic heterocycles. The molecular formula is C22H50N2. The van der Waals surface area contributed by atoms with Gasteiger partial charge in [-0.15, -0.1) is 0 Å². The molecule has 0 aromatic carbocycles. The van der Waals surface area contributed by atoms with Gasteiger partial charge >= 0.3 is 0 Å². The summed E-state index contributed by atoms with van der Waals surface area (Å²) in [4.78, 5) is 4.45. The van der Waals surface area contributed by atoms with Crippen LogP contribution in [0.4, 0.5) is 0 Å². The normalized spacial score (nSPS) is 19.4. The Bertz CT molecular complexity index is 249. The van der Waals surface area contributed by atoms with Crippen molar-refractivity contribution in [3.8, 4) is 0 Å². The van der Waals surface area contributed by atoms with Crippen molar-refractivity contribution in [2.75, 3.05) is 27.2 Å². The zero-order valence-electron chi connectivity index (χ0n) is 17.9. The predicted octanol–water partition coefficient (Wildman–Crippen LogP) is 7.05. The highest BCUT2D eigenvalue weighted by Crippen LogP contribution is 2.15. The molecular weight excluding hydrogens is 292 g/mol. The molecule has 0 aromatic rings. The predicted molar refractivity (Wildman–Crippen MR) is 116 cm³/mol. The third-order valence-electron chi connectivity index (χ3n) is 3.04. The van der Waals surface area contributed by atoms with Crippen molar-refractivity contribution in [3.05, 3.63) is 24.6 Å². The lowest BCUT2D eigenvalue weighted by Gasteiger charge is -2.10. The molecule has 0 aliphatic carbocycles. The second-order valence-corrected chi connectivity index (χ2v) is 5.80. The molecule has 2 unspecified atom stereocenters. The lowest BCUT2D eigenvalue weighted by Crippen LogP contribution is -2.12. The van der Waals surface area contributed by atoms with Crippen LogP contribution in [-0.2, 0) is 0 Å². The van der Waals surface area contributed by atoms with Gasteiger partial charge in [0.2, 0.25) is 0 Å². The summed E-state index contributed by atoms with van der Waals surface area (Å²) in [5.41, 5.74) is 0. The van der Waals surface area contributed by atoms with E-state index in [4.69, 9.17) is 0 Å². The lowest BCUT2D eigenvalue weighted by atomic mass is 10.1. The van der Waals surface area contributed by atoms with Crippen molar-refractivity contribution in [1.29, 1.82) is 0 Å². The Labute approximate surface area is 156 Å². The third-order valence-corrected chi connectivity index (χ3v) is 3.04. The van der Waals surface area contributed by atoms with Crippen LogP contribution >= 0.6 is 0 Å². The van der Waals surface area contributed by atoms with E-state index in [9.17, 15) is 0 Å². The van der Waals surface area contributed by atoms with E-state index in [-0.39, 0.29) is 7.43 Å². The molecule has 0 fully saturated rings. The average molecular weight is 343 g/mol. The first-order chi connectivity index (χ1) is 11.0. The summed E-state index contributed by atoms with van der Waals surface area (Å²) < 4.78 is 0. The van der Waals surface area contributed by atoms with Crippen LogP contribution in [0.15, 0.2) is 24.6 Å². The summed E-state index contributed by atoms with van der Waals surface area (Å²) in [7, 11) is 4.23. The van der Waals surface area contributed by atoms with Crippen LogP contribution < -0.4 is 0 Å². The van der Waals surface area contributed by atoms with Gasteiger partial charge in [0, 0.05) is 27.2 Å². The van der Waals surface area contributed by atoms with E-state index < -0.39 is 0 Å². The van der Waals surface area contributed by atoms with Gasteiger partial charge < -0.3 is 9.80 Å². The summed E-state index contributed by atoms with van der Waals surface area (Å²) in [5, 5.41) is 0. The van der Waals surface area contributed by atoms with Crippen molar-refractivity contribution in [3.63, 3.8) is 0 Å². The topological polar surface area (TPSA) is 6.48 Å². The maximum Gasteiger partial charge on any atom is 0.0232 e. The van der Waals surface area contributed by atoms with Crippen molar-refractivity contribution < 1.29 is 0 Å². The van der Waals surface area contributed by atoms with Crippen molar-refractivity contribution in [2.45, 2.75) is 82.1 Å². The van der Waals surface area contributed by atoms with Gasteiger partial charge in [0.1, 0.15) is 0 Å². The Morgan fingerprint density at radius 2 is 1.25 bits per heavy atom.